The fourth-order valence-corrected chi connectivity index (χ4v) is 4.64. The van der Waals surface area contributed by atoms with Crippen LogP contribution in [0.2, 0.25) is 0 Å². The average Bonchev–Trinajstić information content (AvgIpc) is 3.00. The van der Waals surface area contributed by atoms with Crippen molar-refractivity contribution in [2.24, 2.45) is 0 Å². The molecule has 0 aliphatic carbocycles. The lowest BCUT2D eigenvalue weighted by atomic mass is 10.1. The van der Waals surface area contributed by atoms with Crippen LogP contribution in [-0.2, 0) is 23.9 Å². The van der Waals surface area contributed by atoms with Crippen molar-refractivity contribution < 1.29 is 22.4 Å². The number of aromatic nitrogens is 2. The molecule has 0 unspecified atom stereocenters. The first-order valence-electron chi connectivity index (χ1n) is 13.5. The average molecular weight is 573 g/mol. The van der Waals surface area contributed by atoms with E-state index < -0.39 is 11.7 Å². The van der Waals surface area contributed by atoms with E-state index in [0.717, 1.165) is 23.1 Å². The minimum atomic E-state index is -4.45. The van der Waals surface area contributed by atoms with Gasteiger partial charge in [-0.3, -0.25) is 4.79 Å². The van der Waals surface area contributed by atoms with Crippen molar-refractivity contribution in [1.29, 1.82) is 0 Å². The highest BCUT2D eigenvalue weighted by Gasteiger charge is 2.30. The molecule has 0 bridgehead atoms. The standard InChI is InChI=1S/C33H28F4N4O/c34-27-15-13-25(14-16-27)31-39-29-12-5-4-11-28(29)32(40-31)41(19-17-23-7-2-1-3-8-23)20-18-30(42)38-22-24-9-6-10-26(21-24)33(35,36)37/h1-16,21H,17-20,22H2,(H,38,42). The largest absolute Gasteiger partial charge is 0.416 e. The lowest BCUT2D eigenvalue weighted by molar-refractivity contribution is -0.137. The van der Waals surface area contributed by atoms with E-state index in [0.29, 0.717) is 47.8 Å². The number of fused-ring (bicyclic) bond motifs is 1. The van der Waals surface area contributed by atoms with Gasteiger partial charge in [0.05, 0.1) is 11.1 Å². The summed E-state index contributed by atoms with van der Waals surface area (Å²) in [5.74, 6) is 0.415. The summed E-state index contributed by atoms with van der Waals surface area (Å²) in [6, 6.07) is 28.4. The van der Waals surface area contributed by atoms with Gasteiger partial charge in [-0.1, -0.05) is 54.6 Å². The molecule has 0 aliphatic rings. The number of anilines is 1. The van der Waals surface area contributed by atoms with Gasteiger partial charge in [0.1, 0.15) is 11.6 Å². The van der Waals surface area contributed by atoms with E-state index in [9.17, 15) is 22.4 Å². The third-order valence-corrected chi connectivity index (χ3v) is 6.85. The number of nitrogens with zero attached hydrogens (tertiary/aromatic N) is 3. The second-order valence-corrected chi connectivity index (χ2v) is 9.84. The molecule has 1 aromatic heterocycles. The number of rotatable bonds is 10. The number of amides is 1. The van der Waals surface area contributed by atoms with Gasteiger partial charge in [-0.05, 0) is 66.1 Å². The van der Waals surface area contributed by atoms with Gasteiger partial charge in [0.25, 0.3) is 0 Å². The smallest absolute Gasteiger partial charge is 0.355 e. The highest BCUT2D eigenvalue weighted by atomic mass is 19.4. The summed E-state index contributed by atoms with van der Waals surface area (Å²) in [5.41, 5.74) is 2.10. The Kier molecular flexibility index (Phi) is 8.76. The summed E-state index contributed by atoms with van der Waals surface area (Å²) < 4.78 is 52.8. The maximum Gasteiger partial charge on any atom is 0.416 e. The van der Waals surface area contributed by atoms with Crippen molar-refractivity contribution in [3.8, 4) is 11.4 Å². The predicted octanol–water partition coefficient (Wildman–Crippen LogP) is 7.21. The van der Waals surface area contributed by atoms with Crippen molar-refractivity contribution in [2.75, 3.05) is 18.0 Å². The molecule has 214 valence electrons. The molecule has 0 aliphatic heterocycles. The zero-order valence-corrected chi connectivity index (χ0v) is 22.6. The Bertz CT molecular complexity index is 1660. The molecule has 4 aromatic carbocycles. The Morgan fingerprint density at radius 2 is 1.50 bits per heavy atom. The van der Waals surface area contributed by atoms with Crippen LogP contribution in [0.3, 0.4) is 0 Å². The van der Waals surface area contributed by atoms with Crippen molar-refractivity contribution >= 4 is 22.6 Å². The Hall–Kier alpha value is -4.79. The minimum Gasteiger partial charge on any atom is -0.355 e. The second-order valence-electron chi connectivity index (χ2n) is 9.84. The van der Waals surface area contributed by atoms with Gasteiger partial charge in [-0.15, -0.1) is 0 Å². The van der Waals surface area contributed by atoms with E-state index in [1.54, 1.807) is 18.2 Å². The topological polar surface area (TPSA) is 58.1 Å². The number of para-hydroxylation sites is 1. The van der Waals surface area contributed by atoms with E-state index >= 15 is 0 Å². The molecule has 0 saturated heterocycles. The Labute approximate surface area is 240 Å². The molecule has 9 heteroatoms. The molecule has 0 saturated carbocycles. The van der Waals surface area contributed by atoms with Crippen LogP contribution < -0.4 is 10.2 Å². The number of hydrogen-bond acceptors (Lipinski definition) is 4. The number of alkyl halides is 3. The Morgan fingerprint density at radius 1 is 0.786 bits per heavy atom. The van der Waals surface area contributed by atoms with Gasteiger partial charge in [0, 0.05) is 37.0 Å². The van der Waals surface area contributed by atoms with Crippen LogP contribution in [0.1, 0.15) is 23.1 Å². The molecule has 5 rings (SSSR count). The van der Waals surface area contributed by atoms with E-state index in [-0.39, 0.29) is 24.7 Å². The normalized spacial score (nSPS) is 11.4. The van der Waals surface area contributed by atoms with Gasteiger partial charge in [-0.2, -0.15) is 13.2 Å². The molecule has 1 amide bonds. The molecular formula is C33H28F4N4O. The van der Waals surface area contributed by atoms with Crippen molar-refractivity contribution in [2.45, 2.75) is 25.6 Å². The molecule has 1 heterocycles. The van der Waals surface area contributed by atoms with Gasteiger partial charge >= 0.3 is 6.18 Å². The van der Waals surface area contributed by atoms with Crippen molar-refractivity contribution in [3.63, 3.8) is 0 Å². The van der Waals surface area contributed by atoms with Crippen molar-refractivity contribution in [3.05, 3.63) is 126 Å². The first-order chi connectivity index (χ1) is 20.3. The number of nitrogens with one attached hydrogen (secondary N) is 1. The highest BCUT2D eigenvalue weighted by molar-refractivity contribution is 5.91. The molecule has 5 aromatic rings. The van der Waals surface area contributed by atoms with E-state index in [1.165, 1.54) is 18.2 Å². The number of halogens is 4. The first-order valence-corrected chi connectivity index (χ1v) is 13.5. The molecule has 42 heavy (non-hydrogen) atoms. The fourth-order valence-electron chi connectivity index (χ4n) is 4.64. The zero-order chi connectivity index (χ0) is 29.5. The van der Waals surface area contributed by atoms with Crippen LogP contribution in [0, 0.1) is 5.82 Å². The van der Waals surface area contributed by atoms with Crippen LogP contribution in [-0.4, -0.2) is 29.0 Å². The maximum absolute atomic E-state index is 13.6. The fraction of sp³-hybridized carbons (Fsp3) is 0.182. The zero-order valence-electron chi connectivity index (χ0n) is 22.6. The van der Waals surface area contributed by atoms with Crippen LogP contribution in [0.4, 0.5) is 23.4 Å². The van der Waals surface area contributed by atoms with Crippen LogP contribution in [0.5, 0.6) is 0 Å². The monoisotopic (exact) mass is 572 g/mol. The lowest BCUT2D eigenvalue weighted by Gasteiger charge is -2.25. The summed E-state index contributed by atoms with van der Waals surface area (Å²) in [7, 11) is 0. The summed E-state index contributed by atoms with van der Waals surface area (Å²) in [5, 5.41) is 3.54. The molecule has 0 fully saturated rings. The number of carbonyl (C=O) groups is 1. The Balaban J connectivity index is 1.39. The molecule has 0 atom stereocenters. The van der Waals surface area contributed by atoms with Gasteiger partial charge in [-0.25, -0.2) is 14.4 Å². The van der Waals surface area contributed by atoms with Gasteiger partial charge < -0.3 is 10.2 Å². The summed E-state index contributed by atoms with van der Waals surface area (Å²) in [6.45, 7) is 0.845. The molecule has 0 radical (unpaired) electrons. The molecule has 1 N–H and O–H groups in total. The number of carbonyl (C=O) groups excluding carboxylic acids is 1. The van der Waals surface area contributed by atoms with Gasteiger partial charge in [0.15, 0.2) is 5.82 Å². The third kappa shape index (κ3) is 7.28. The molecule has 0 spiro atoms. The number of hydrogen-bond donors (Lipinski definition) is 1. The highest BCUT2D eigenvalue weighted by Crippen LogP contribution is 2.30. The summed E-state index contributed by atoms with van der Waals surface area (Å²) in [6.07, 6.45) is -3.67. The number of benzene rings is 4. The lowest BCUT2D eigenvalue weighted by Crippen LogP contribution is -2.33. The van der Waals surface area contributed by atoms with E-state index in [2.05, 4.69) is 5.32 Å². The maximum atomic E-state index is 13.6. The van der Waals surface area contributed by atoms with Crippen molar-refractivity contribution in [1.82, 2.24) is 15.3 Å². The Morgan fingerprint density at radius 3 is 2.26 bits per heavy atom. The van der Waals surface area contributed by atoms with Crippen LogP contribution in [0.25, 0.3) is 22.3 Å². The van der Waals surface area contributed by atoms with Gasteiger partial charge in [0.2, 0.25) is 5.91 Å². The van der Waals surface area contributed by atoms with Crippen LogP contribution in [0.15, 0.2) is 103 Å². The van der Waals surface area contributed by atoms with Crippen LogP contribution >= 0.6 is 0 Å². The van der Waals surface area contributed by atoms with E-state index in [4.69, 9.17) is 9.97 Å². The molecule has 5 nitrogen and oxygen atoms in total. The summed E-state index contributed by atoms with van der Waals surface area (Å²) in [4.78, 5) is 24.5. The molecular weight excluding hydrogens is 544 g/mol. The van der Waals surface area contributed by atoms with E-state index in [1.807, 2.05) is 59.5 Å². The summed E-state index contributed by atoms with van der Waals surface area (Å²) >= 11 is 0. The first kappa shape index (κ1) is 28.7. The quantitative estimate of drug-likeness (QED) is 0.180. The second kappa shape index (κ2) is 12.8. The predicted molar refractivity (Wildman–Crippen MR) is 155 cm³/mol. The SMILES string of the molecule is O=C(CCN(CCc1ccccc1)c1nc(-c2ccc(F)cc2)nc2ccccc12)NCc1cccc(C(F)(F)F)c1. The minimum absolute atomic E-state index is 0.0160. The third-order valence-electron chi connectivity index (χ3n) is 6.85.